The van der Waals surface area contributed by atoms with Gasteiger partial charge in [-0.25, -0.2) is 19.6 Å². The zero-order valence-electron chi connectivity index (χ0n) is 31.6. The smallest absolute Gasteiger partial charge is 0.416 e. The van der Waals surface area contributed by atoms with Gasteiger partial charge in [0.15, 0.2) is 0 Å². The molecule has 3 aliphatic rings. The Bertz CT molecular complexity index is 2850. The number of nitrogens with zero attached hydrogens (tertiary/aromatic N) is 2. The molecule has 9 rings (SSSR count). The number of esters is 2. The molecular weight excluding hydrogens is 875 g/mol. The number of ether oxygens (including phenoxy) is 2. The number of allylic oxidation sites excluding steroid dienone is 2. The molecular formula is C45H22F6N2O8S2. The molecule has 0 N–H and O–H groups in total. The molecule has 0 radical (unpaired) electrons. The lowest BCUT2D eigenvalue weighted by atomic mass is 9.84. The van der Waals surface area contributed by atoms with E-state index in [0.717, 1.165) is 47.0 Å². The van der Waals surface area contributed by atoms with Crippen molar-refractivity contribution in [1.82, 2.24) is 9.97 Å². The van der Waals surface area contributed by atoms with Gasteiger partial charge in [-0.3, -0.25) is 19.2 Å². The summed E-state index contributed by atoms with van der Waals surface area (Å²) in [6.45, 7) is -0.693. The second-order valence-corrected chi connectivity index (χ2v) is 16.3. The third-order valence-corrected chi connectivity index (χ3v) is 12.6. The Morgan fingerprint density at radius 2 is 0.921 bits per heavy atom. The van der Waals surface area contributed by atoms with Gasteiger partial charge in [0.2, 0.25) is 23.1 Å². The number of ketones is 4. The van der Waals surface area contributed by atoms with Gasteiger partial charge in [0.1, 0.15) is 23.2 Å². The lowest BCUT2D eigenvalue weighted by molar-refractivity contribution is -0.164. The second-order valence-electron chi connectivity index (χ2n) is 14.3. The zero-order valence-corrected chi connectivity index (χ0v) is 33.2. The van der Waals surface area contributed by atoms with Crippen LogP contribution in [0.1, 0.15) is 75.5 Å². The molecule has 0 saturated heterocycles. The molecule has 0 fully saturated rings. The van der Waals surface area contributed by atoms with E-state index in [4.69, 9.17) is 9.47 Å². The molecule has 4 aromatic carbocycles. The summed E-state index contributed by atoms with van der Waals surface area (Å²) < 4.78 is 92.9. The molecule has 0 unspecified atom stereocenters. The average molecular weight is 897 g/mol. The third kappa shape index (κ3) is 6.91. The number of alkyl halides is 6. The van der Waals surface area contributed by atoms with Crippen LogP contribution in [0.5, 0.6) is 0 Å². The van der Waals surface area contributed by atoms with Gasteiger partial charge in [-0.05, 0) is 58.7 Å². The van der Waals surface area contributed by atoms with Crippen molar-refractivity contribution in [1.29, 1.82) is 0 Å². The van der Waals surface area contributed by atoms with Crippen molar-refractivity contribution in [3.8, 4) is 9.75 Å². The van der Waals surface area contributed by atoms with Gasteiger partial charge in [-0.15, -0.1) is 22.7 Å². The van der Waals surface area contributed by atoms with Crippen LogP contribution in [0.4, 0.5) is 26.3 Å². The Kier molecular flexibility index (Phi) is 9.82. The molecule has 2 aromatic heterocycles. The molecule has 0 bridgehead atoms. The standard InChI is InChI=1S/C45H22F6N2O8S2/c46-44(47,48)23-11-13-25-27(15-23)33(54)35(56)29(25)17-31-52-39-37(62-31)38-40(53-32(63-38)18-30-26-14-12-24(45(49,50)51)16-28(26)34(55)36(30)57)43(39,41(58)60-19-21-7-3-1-4-8-21)42(59)61-20-22-9-5-2-6-10-22/h1-18H,19-20H2/b29-17-,30-18-. The van der Waals surface area contributed by atoms with Crippen LogP contribution in [0.15, 0.2) is 97.1 Å². The van der Waals surface area contributed by atoms with Crippen LogP contribution in [-0.2, 0) is 59.6 Å². The molecule has 2 heterocycles. The van der Waals surface area contributed by atoms with Gasteiger partial charge in [-0.2, -0.15) is 26.3 Å². The number of thiazole rings is 2. The molecule has 10 nitrogen and oxygen atoms in total. The first-order valence-electron chi connectivity index (χ1n) is 18.5. The Labute approximate surface area is 358 Å². The molecule has 0 amide bonds. The fourth-order valence-corrected chi connectivity index (χ4v) is 9.68. The Balaban J connectivity index is 1.21. The van der Waals surface area contributed by atoms with E-state index in [2.05, 4.69) is 9.97 Å². The van der Waals surface area contributed by atoms with Crippen molar-refractivity contribution in [2.24, 2.45) is 0 Å². The molecule has 0 saturated carbocycles. The van der Waals surface area contributed by atoms with Gasteiger partial charge < -0.3 is 9.47 Å². The summed E-state index contributed by atoms with van der Waals surface area (Å²) in [5.41, 5.74) is -6.09. The van der Waals surface area contributed by atoms with Crippen LogP contribution in [0.25, 0.3) is 33.1 Å². The van der Waals surface area contributed by atoms with Crippen molar-refractivity contribution in [3.05, 3.63) is 163 Å². The van der Waals surface area contributed by atoms with Crippen molar-refractivity contribution in [2.75, 3.05) is 0 Å². The number of rotatable bonds is 8. The number of carbonyl (C=O) groups excluding carboxylic acids is 6. The summed E-state index contributed by atoms with van der Waals surface area (Å²) in [6, 6.07) is 21.4. The Hall–Kier alpha value is -7.18. The van der Waals surface area contributed by atoms with Gasteiger partial charge >= 0.3 is 24.3 Å². The lowest BCUT2D eigenvalue weighted by Gasteiger charge is -2.24. The number of aromatic nitrogens is 2. The Morgan fingerprint density at radius 1 is 0.540 bits per heavy atom. The number of carbonyl (C=O) groups is 6. The minimum atomic E-state index is -4.81. The summed E-state index contributed by atoms with van der Waals surface area (Å²) in [5, 5.41) is -0.130. The highest BCUT2D eigenvalue weighted by molar-refractivity contribution is 7.23. The zero-order chi connectivity index (χ0) is 44.6. The van der Waals surface area contributed by atoms with Crippen LogP contribution in [0.2, 0.25) is 0 Å². The highest BCUT2D eigenvalue weighted by atomic mass is 32.1. The van der Waals surface area contributed by atoms with Crippen LogP contribution in [0, 0.1) is 0 Å². The number of hydrogen-bond acceptors (Lipinski definition) is 12. The molecule has 0 aliphatic heterocycles. The summed E-state index contributed by atoms with van der Waals surface area (Å²) in [7, 11) is 0. The van der Waals surface area contributed by atoms with E-state index >= 15 is 0 Å². The summed E-state index contributed by atoms with van der Waals surface area (Å²) in [6.07, 6.45) is -7.32. The largest absolute Gasteiger partial charge is 0.459 e. The molecule has 0 spiro atoms. The topological polar surface area (TPSA) is 147 Å². The number of benzene rings is 4. The number of halogens is 6. The van der Waals surface area contributed by atoms with Crippen molar-refractivity contribution in [3.63, 3.8) is 0 Å². The first-order chi connectivity index (χ1) is 30.0. The Morgan fingerprint density at radius 3 is 1.29 bits per heavy atom. The van der Waals surface area contributed by atoms with E-state index in [1.165, 1.54) is 0 Å². The number of Topliss-reactive ketones (excluding diaryl/α,β-unsaturated/α-hetero) is 4. The molecule has 0 atom stereocenters. The monoisotopic (exact) mass is 896 g/mol. The van der Waals surface area contributed by atoms with Crippen molar-refractivity contribution < 1.29 is 64.6 Å². The predicted molar refractivity (Wildman–Crippen MR) is 214 cm³/mol. The van der Waals surface area contributed by atoms with Crippen LogP contribution in [0.3, 0.4) is 0 Å². The minimum Gasteiger partial charge on any atom is -0.459 e. The highest BCUT2D eigenvalue weighted by Gasteiger charge is 2.63. The van der Waals surface area contributed by atoms with E-state index in [9.17, 15) is 55.1 Å². The van der Waals surface area contributed by atoms with Gasteiger partial charge in [-0.1, -0.05) is 72.8 Å². The SMILES string of the molecule is O=C1C(=O)c2cc(C(F)(F)F)ccc2/C1=C/c1nc2c(s1)-c1sc(/C=C3\C(=O)C(=O)c4cc(C(F)(F)F)ccc43)nc1C2(C(=O)OCc1ccccc1)C(=O)OCc1ccccc1. The van der Waals surface area contributed by atoms with Gasteiger partial charge in [0, 0.05) is 22.3 Å². The molecule has 18 heteroatoms. The van der Waals surface area contributed by atoms with E-state index in [-0.39, 0.29) is 66.6 Å². The maximum absolute atomic E-state index is 14.8. The maximum atomic E-state index is 14.8. The van der Waals surface area contributed by atoms with E-state index < -0.39 is 75.1 Å². The van der Waals surface area contributed by atoms with E-state index in [0.29, 0.717) is 35.4 Å². The fourth-order valence-electron chi connectivity index (χ4n) is 7.41. The van der Waals surface area contributed by atoms with Crippen LogP contribution >= 0.6 is 22.7 Å². The first kappa shape index (κ1) is 41.2. The second kappa shape index (κ2) is 15.0. The first-order valence-corrected chi connectivity index (χ1v) is 20.1. The molecule has 3 aliphatic carbocycles. The highest BCUT2D eigenvalue weighted by Crippen LogP contribution is 2.55. The molecule has 314 valence electrons. The number of fused-ring (bicyclic) bond motifs is 5. The molecule has 6 aromatic rings. The lowest BCUT2D eigenvalue weighted by Crippen LogP contribution is -2.46. The minimum absolute atomic E-state index is 0.0649. The van der Waals surface area contributed by atoms with Crippen LogP contribution in [-0.4, -0.2) is 45.0 Å². The normalized spacial score (nSPS) is 16.3. The van der Waals surface area contributed by atoms with Crippen LogP contribution < -0.4 is 0 Å². The summed E-state index contributed by atoms with van der Waals surface area (Å²) in [5.74, 6) is -7.02. The quantitative estimate of drug-likeness (QED) is 0.0477. The number of hydrogen-bond donors (Lipinski definition) is 0. The fraction of sp³-hybridized carbons (Fsp3) is 0.111. The summed E-state index contributed by atoms with van der Waals surface area (Å²) in [4.78, 5) is 91.4. The van der Waals surface area contributed by atoms with Crippen molar-refractivity contribution in [2.45, 2.75) is 31.0 Å². The van der Waals surface area contributed by atoms with E-state index in [1.807, 2.05) is 0 Å². The predicted octanol–water partition coefficient (Wildman–Crippen LogP) is 9.00. The maximum Gasteiger partial charge on any atom is 0.416 e. The van der Waals surface area contributed by atoms with Gasteiger partial charge in [0.05, 0.1) is 32.3 Å². The third-order valence-electron chi connectivity index (χ3n) is 10.4. The summed E-state index contributed by atoms with van der Waals surface area (Å²) >= 11 is 1.66. The average Bonchev–Trinajstić information content (AvgIpc) is 4.03. The van der Waals surface area contributed by atoms with E-state index in [1.54, 1.807) is 60.7 Å². The van der Waals surface area contributed by atoms with Gasteiger partial charge in [0.25, 0.3) is 5.41 Å². The molecule has 63 heavy (non-hydrogen) atoms. The van der Waals surface area contributed by atoms with Crippen molar-refractivity contribution >= 4 is 81.0 Å².